The number of imide groups is 1. The molecule has 156 valence electrons. The Labute approximate surface area is 171 Å². The van der Waals surface area contributed by atoms with Crippen LogP contribution in [0.3, 0.4) is 0 Å². The Morgan fingerprint density at radius 1 is 1.24 bits per heavy atom. The normalized spacial score (nSPS) is 28.0. The molecule has 2 aliphatic heterocycles. The molecule has 4 rings (SSSR count). The largest absolute Gasteiger partial charge is 0.356 e. The molecule has 1 aromatic heterocycles. The summed E-state index contributed by atoms with van der Waals surface area (Å²) in [6.07, 6.45) is 6.97. The third kappa shape index (κ3) is 3.80. The van der Waals surface area contributed by atoms with Gasteiger partial charge in [-0.3, -0.25) is 14.5 Å². The van der Waals surface area contributed by atoms with Gasteiger partial charge in [-0.2, -0.15) is 0 Å². The minimum absolute atomic E-state index is 0.0470. The highest BCUT2D eigenvalue weighted by molar-refractivity contribution is 6.09. The van der Waals surface area contributed by atoms with Crippen LogP contribution in [-0.4, -0.2) is 58.9 Å². The van der Waals surface area contributed by atoms with E-state index >= 15 is 0 Å². The minimum atomic E-state index is -0.816. The first-order valence-corrected chi connectivity index (χ1v) is 10.6. The summed E-state index contributed by atoms with van der Waals surface area (Å²) in [6.45, 7) is 3.42. The lowest BCUT2D eigenvalue weighted by atomic mass is 9.73. The van der Waals surface area contributed by atoms with Crippen LogP contribution in [0.4, 0.5) is 10.6 Å². The minimum Gasteiger partial charge on any atom is -0.356 e. The van der Waals surface area contributed by atoms with Crippen LogP contribution in [0.1, 0.15) is 45.4 Å². The molecule has 0 radical (unpaired) electrons. The Bertz CT molecular complexity index is 778. The summed E-state index contributed by atoms with van der Waals surface area (Å²) >= 11 is 0. The molecule has 1 spiro atoms. The number of nitrogens with zero attached hydrogens (tertiary/aromatic N) is 3. The van der Waals surface area contributed by atoms with Crippen LogP contribution < -0.4 is 15.5 Å². The number of carbonyl (C=O) groups is 3. The first-order valence-electron chi connectivity index (χ1n) is 10.6. The predicted octanol–water partition coefficient (Wildman–Crippen LogP) is 1.67. The van der Waals surface area contributed by atoms with Gasteiger partial charge in [0.15, 0.2) is 0 Å². The van der Waals surface area contributed by atoms with Gasteiger partial charge >= 0.3 is 6.03 Å². The standard InChI is InChI=1S/C21H29N5O3/c1-15-6-2-4-10-21(15)19(28)26(20(29)24-21)14-18(27)23-16-8-12-25(13-9-16)17-7-3-5-11-22-17/h3,5,7,11,15-16H,2,4,6,8-10,12-14H2,1H3,(H,23,27)(H,24,29)/t15-,21-/m1/s1. The van der Waals surface area contributed by atoms with E-state index in [9.17, 15) is 14.4 Å². The second-order valence-electron chi connectivity index (χ2n) is 8.46. The predicted molar refractivity (Wildman–Crippen MR) is 108 cm³/mol. The van der Waals surface area contributed by atoms with Gasteiger partial charge in [-0.1, -0.05) is 25.8 Å². The number of hydrogen-bond acceptors (Lipinski definition) is 5. The molecule has 0 aromatic carbocycles. The van der Waals surface area contributed by atoms with Gasteiger partial charge in [0.25, 0.3) is 5.91 Å². The number of rotatable bonds is 4. The van der Waals surface area contributed by atoms with Crippen LogP contribution in [-0.2, 0) is 9.59 Å². The Morgan fingerprint density at radius 2 is 2.03 bits per heavy atom. The van der Waals surface area contributed by atoms with E-state index < -0.39 is 11.6 Å². The number of urea groups is 1. The van der Waals surface area contributed by atoms with Crippen molar-refractivity contribution < 1.29 is 14.4 Å². The second-order valence-corrected chi connectivity index (χ2v) is 8.46. The molecule has 3 aliphatic rings. The number of aromatic nitrogens is 1. The van der Waals surface area contributed by atoms with Crippen LogP contribution >= 0.6 is 0 Å². The van der Waals surface area contributed by atoms with E-state index in [1.807, 2.05) is 25.1 Å². The van der Waals surface area contributed by atoms with Crippen molar-refractivity contribution in [1.29, 1.82) is 0 Å². The molecule has 3 fully saturated rings. The van der Waals surface area contributed by atoms with Crippen LogP contribution in [0, 0.1) is 5.92 Å². The molecule has 8 heteroatoms. The molecule has 29 heavy (non-hydrogen) atoms. The Morgan fingerprint density at radius 3 is 2.72 bits per heavy atom. The average molecular weight is 399 g/mol. The highest BCUT2D eigenvalue weighted by Gasteiger charge is 2.55. The number of anilines is 1. The molecular weight excluding hydrogens is 370 g/mol. The molecule has 2 N–H and O–H groups in total. The fourth-order valence-electron chi connectivity index (χ4n) is 4.85. The monoisotopic (exact) mass is 399 g/mol. The summed E-state index contributed by atoms with van der Waals surface area (Å²) in [6, 6.07) is 5.45. The number of piperidine rings is 1. The molecule has 0 unspecified atom stereocenters. The van der Waals surface area contributed by atoms with Crippen molar-refractivity contribution in [2.45, 2.75) is 57.0 Å². The van der Waals surface area contributed by atoms with Crippen molar-refractivity contribution in [1.82, 2.24) is 20.5 Å². The zero-order valence-corrected chi connectivity index (χ0v) is 16.9. The topological polar surface area (TPSA) is 94.6 Å². The molecule has 2 atom stereocenters. The summed E-state index contributed by atoms with van der Waals surface area (Å²) in [7, 11) is 0. The van der Waals surface area contributed by atoms with Crippen LogP contribution in [0.25, 0.3) is 0 Å². The first-order chi connectivity index (χ1) is 14.0. The maximum absolute atomic E-state index is 13.0. The smallest absolute Gasteiger partial charge is 0.325 e. The number of amides is 4. The Kier molecular flexibility index (Phi) is 5.43. The lowest BCUT2D eigenvalue weighted by molar-refractivity contribution is -0.137. The van der Waals surface area contributed by atoms with Crippen molar-refractivity contribution in [3.8, 4) is 0 Å². The van der Waals surface area contributed by atoms with E-state index in [-0.39, 0.29) is 30.3 Å². The summed E-state index contributed by atoms with van der Waals surface area (Å²) in [5.74, 6) is 0.528. The van der Waals surface area contributed by atoms with Crippen molar-refractivity contribution in [2.24, 2.45) is 5.92 Å². The van der Waals surface area contributed by atoms with Crippen molar-refractivity contribution in [3.63, 3.8) is 0 Å². The van der Waals surface area contributed by atoms with Crippen molar-refractivity contribution >= 4 is 23.7 Å². The van der Waals surface area contributed by atoms with Gasteiger partial charge in [-0.25, -0.2) is 9.78 Å². The first kappa shape index (κ1) is 19.7. The summed E-state index contributed by atoms with van der Waals surface area (Å²) in [5, 5.41) is 5.90. The average Bonchev–Trinajstić information content (AvgIpc) is 2.96. The van der Waals surface area contributed by atoms with Crippen molar-refractivity contribution in [2.75, 3.05) is 24.5 Å². The molecule has 1 saturated carbocycles. The fourth-order valence-corrected chi connectivity index (χ4v) is 4.85. The molecule has 1 aliphatic carbocycles. The SMILES string of the molecule is C[C@@H]1CCCC[C@@]12NC(=O)N(CC(=O)NC1CCN(c3ccccn3)CC1)C2=O. The van der Waals surface area contributed by atoms with E-state index in [4.69, 9.17) is 0 Å². The van der Waals surface area contributed by atoms with Gasteiger partial charge in [0.2, 0.25) is 5.91 Å². The van der Waals surface area contributed by atoms with E-state index in [0.717, 1.165) is 55.9 Å². The molecule has 2 saturated heterocycles. The quantitative estimate of drug-likeness (QED) is 0.751. The number of nitrogens with one attached hydrogen (secondary N) is 2. The van der Waals surface area contributed by atoms with Gasteiger partial charge < -0.3 is 15.5 Å². The highest BCUT2D eigenvalue weighted by atomic mass is 16.2. The van der Waals surface area contributed by atoms with E-state index in [0.29, 0.717) is 6.42 Å². The summed E-state index contributed by atoms with van der Waals surface area (Å²) in [5.41, 5.74) is -0.816. The van der Waals surface area contributed by atoms with Gasteiger partial charge in [0.1, 0.15) is 17.9 Å². The lowest BCUT2D eigenvalue weighted by Gasteiger charge is -2.36. The molecule has 3 heterocycles. The zero-order chi connectivity index (χ0) is 20.4. The van der Waals surface area contributed by atoms with Crippen molar-refractivity contribution in [3.05, 3.63) is 24.4 Å². The van der Waals surface area contributed by atoms with Crippen LogP contribution in [0.5, 0.6) is 0 Å². The molecule has 0 bridgehead atoms. The lowest BCUT2D eigenvalue weighted by Crippen LogP contribution is -2.54. The fraction of sp³-hybridized carbons (Fsp3) is 0.619. The summed E-state index contributed by atoms with van der Waals surface area (Å²) < 4.78 is 0. The highest BCUT2D eigenvalue weighted by Crippen LogP contribution is 2.38. The maximum Gasteiger partial charge on any atom is 0.325 e. The third-order valence-electron chi connectivity index (χ3n) is 6.64. The molecule has 1 aromatic rings. The second kappa shape index (κ2) is 8.00. The number of pyridine rings is 1. The van der Waals surface area contributed by atoms with Gasteiger partial charge in [-0.15, -0.1) is 0 Å². The summed E-state index contributed by atoms with van der Waals surface area (Å²) in [4.78, 5) is 45.6. The Hall–Kier alpha value is -2.64. The molecule has 8 nitrogen and oxygen atoms in total. The van der Waals surface area contributed by atoms with Gasteiger partial charge in [0.05, 0.1) is 0 Å². The number of hydrogen-bond donors (Lipinski definition) is 2. The van der Waals surface area contributed by atoms with Crippen LogP contribution in [0.2, 0.25) is 0 Å². The van der Waals surface area contributed by atoms with E-state index in [2.05, 4.69) is 20.5 Å². The van der Waals surface area contributed by atoms with E-state index in [1.54, 1.807) is 6.20 Å². The third-order valence-corrected chi connectivity index (χ3v) is 6.64. The molecule has 4 amide bonds. The maximum atomic E-state index is 13.0. The van der Waals surface area contributed by atoms with Gasteiger partial charge in [-0.05, 0) is 43.7 Å². The zero-order valence-electron chi connectivity index (χ0n) is 16.9. The Balaban J connectivity index is 1.30. The molecular formula is C21H29N5O3. The number of carbonyl (C=O) groups excluding carboxylic acids is 3. The van der Waals surface area contributed by atoms with Gasteiger partial charge in [0, 0.05) is 25.3 Å². The van der Waals surface area contributed by atoms with E-state index in [1.165, 1.54) is 0 Å². The van der Waals surface area contributed by atoms with Crippen LogP contribution in [0.15, 0.2) is 24.4 Å².